The molecule has 0 unspecified atom stereocenters. The first-order valence-corrected chi connectivity index (χ1v) is 12.5. The highest BCUT2D eigenvalue weighted by atomic mass is 32.2. The number of aromatic nitrogens is 2. The average Bonchev–Trinajstić information content (AvgIpc) is 3.08. The van der Waals surface area contributed by atoms with Crippen molar-refractivity contribution < 1.29 is 13.2 Å². The Bertz CT molecular complexity index is 1080. The van der Waals surface area contributed by atoms with E-state index in [4.69, 9.17) is 5.26 Å². The zero-order chi connectivity index (χ0) is 23.1. The molecule has 172 valence electrons. The lowest BCUT2D eigenvalue weighted by atomic mass is 10.1. The molecular weight excluding hydrogens is 426 g/mol. The molecule has 0 spiro atoms. The van der Waals surface area contributed by atoms with Crippen molar-refractivity contribution in [1.82, 2.24) is 19.4 Å². The number of carbonyl (C=O) groups is 1. The second-order valence-electron chi connectivity index (χ2n) is 8.17. The summed E-state index contributed by atoms with van der Waals surface area (Å²) in [5.41, 5.74) is 3.78. The second kappa shape index (κ2) is 10.7. The third-order valence-electron chi connectivity index (χ3n) is 5.93. The maximum absolute atomic E-state index is 12.7. The van der Waals surface area contributed by atoms with Crippen molar-refractivity contribution in [1.29, 1.82) is 5.26 Å². The molecule has 0 bridgehead atoms. The molecule has 1 N–H and O–H groups in total. The monoisotopic (exact) mass is 457 g/mol. The Labute approximate surface area is 190 Å². The molecular formula is C23H31N5O3S. The van der Waals surface area contributed by atoms with Crippen molar-refractivity contribution in [3.05, 3.63) is 46.8 Å². The first-order valence-electron chi connectivity index (χ1n) is 11.1. The number of piperidine rings is 1. The van der Waals surface area contributed by atoms with Crippen molar-refractivity contribution in [2.75, 3.05) is 13.1 Å². The zero-order valence-corrected chi connectivity index (χ0v) is 19.6. The Morgan fingerprint density at radius 3 is 2.50 bits per heavy atom. The number of hydrogen-bond acceptors (Lipinski definition) is 5. The Morgan fingerprint density at radius 2 is 1.84 bits per heavy atom. The standard InChI is InChI=1S/C23H31N5O3S/c1-18-22(19(2)28(26-18)16-6-13-24)11-12-23(29)25-17-20-7-9-21(10-8-20)32(30,31)27-14-4-3-5-15-27/h7-10H,3-6,11-12,14-17H2,1-2H3,(H,25,29). The highest BCUT2D eigenvalue weighted by Gasteiger charge is 2.25. The van der Waals surface area contributed by atoms with Crippen LogP contribution in [0.3, 0.4) is 0 Å². The first kappa shape index (κ1) is 24.0. The fourth-order valence-corrected chi connectivity index (χ4v) is 5.55. The number of nitrogens with zero attached hydrogens (tertiary/aromatic N) is 4. The molecule has 1 aliphatic rings. The molecule has 8 nitrogen and oxygen atoms in total. The molecule has 0 atom stereocenters. The minimum atomic E-state index is -3.44. The van der Waals surface area contributed by atoms with Crippen LogP contribution in [0.2, 0.25) is 0 Å². The fraction of sp³-hybridized carbons (Fsp3) is 0.522. The van der Waals surface area contributed by atoms with E-state index in [2.05, 4.69) is 16.5 Å². The number of benzene rings is 1. The third kappa shape index (κ3) is 5.75. The molecule has 32 heavy (non-hydrogen) atoms. The smallest absolute Gasteiger partial charge is 0.243 e. The van der Waals surface area contributed by atoms with Crippen molar-refractivity contribution in [2.45, 2.75) is 70.4 Å². The average molecular weight is 458 g/mol. The van der Waals surface area contributed by atoms with E-state index >= 15 is 0 Å². The van der Waals surface area contributed by atoms with E-state index in [1.165, 1.54) is 0 Å². The lowest BCUT2D eigenvalue weighted by molar-refractivity contribution is -0.121. The molecule has 1 aliphatic heterocycles. The van der Waals surface area contributed by atoms with Gasteiger partial charge in [0, 0.05) is 31.7 Å². The van der Waals surface area contributed by atoms with Gasteiger partial charge in [0.1, 0.15) is 0 Å². The summed E-state index contributed by atoms with van der Waals surface area (Å²) < 4.78 is 28.8. The van der Waals surface area contributed by atoms with Crippen LogP contribution in [0.4, 0.5) is 0 Å². The Kier molecular flexibility index (Phi) is 8.04. The summed E-state index contributed by atoms with van der Waals surface area (Å²) in [6.07, 6.45) is 4.22. The van der Waals surface area contributed by atoms with Crippen LogP contribution < -0.4 is 5.32 Å². The molecule has 3 rings (SSSR count). The molecule has 1 fully saturated rings. The fourth-order valence-electron chi connectivity index (χ4n) is 4.03. The Morgan fingerprint density at radius 1 is 1.16 bits per heavy atom. The van der Waals surface area contributed by atoms with Gasteiger partial charge in [0.05, 0.1) is 29.6 Å². The van der Waals surface area contributed by atoms with Gasteiger partial charge in [-0.1, -0.05) is 18.6 Å². The summed E-state index contributed by atoms with van der Waals surface area (Å²) in [7, 11) is -3.44. The van der Waals surface area contributed by atoms with Crippen molar-refractivity contribution in [3.63, 3.8) is 0 Å². The van der Waals surface area contributed by atoms with E-state index in [0.717, 1.165) is 41.8 Å². The van der Waals surface area contributed by atoms with E-state index in [1.54, 1.807) is 28.6 Å². The maximum Gasteiger partial charge on any atom is 0.243 e. The van der Waals surface area contributed by atoms with Gasteiger partial charge in [-0.3, -0.25) is 9.48 Å². The summed E-state index contributed by atoms with van der Waals surface area (Å²) in [6, 6.07) is 8.87. The molecule has 0 saturated carbocycles. The molecule has 2 aromatic rings. The minimum Gasteiger partial charge on any atom is -0.352 e. The molecule has 1 amide bonds. The predicted molar refractivity (Wildman–Crippen MR) is 121 cm³/mol. The normalized spacial score (nSPS) is 14.8. The minimum absolute atomic E-state index is 0.0708. The first-order chi connectivity index (χ1) is 15.3. The Hall–Kier alpha value is -2.70. The molecule has 0 radical (unpaired) electrons. The van der Waals surface area contributed by atoms with E-state index < -0.39 is 10.0 Å². The topological polar surface area (TPSA) is 108 Å². The van der Waals surface area contributed by atoms with Gasteiger partial charge >= 0.3 is 0 Å². The summed E-state index contributed by atoms with van der Waals surface area (Å²) in [4.78, 5) is 12.6. The maximum atomic E-state index is 12.7. The number of amides is 1. The molecule has 0 aliphatic carbocycles. The SMILES string of the molecule is Cc1nn(CCC#N)c(C)c1CCC(=O)NCc1ccc(S(=O)(=O)N2CCCCC2)cc1. The number of nitrogens with one attached hydrogen (secondary N) is 1. The molecule has 1 aromatic heterocycles. The van der Waals surface area contributed by atoms with Gasteiger partial charge in [0.15, 0.2) is 0 Å². The van der Waals surface area contributed by atoms with Crippen molar-refractivity contribution >= 4 is 15.9 Å². The van der Waals surface area contributed by atoms with E-state index in [1.807, 2.05) is 18.5 Å². The number of hydrogen-bond donors (Lipinski definition) is 1. The van der Waals surface area contributed by atoms with Gasteiger partial charge in [-0.15, -0.1) is 0 Å². The lowest BCUT2D eigenvalue weighted by Gasteiger charge is -2.25. The molecule has 1 aromatic carbocycles. The zero-order valence-electron chi connectivity index (χ0n) is 18.8. The highest BCUT2D eigenvalue weighted by molar-refractivity contribution is 7.89. The molecule has 9 heteroatoms. The van der Waals surface area contributed by atoms with Crippen molar-refractivity contribution in [3.8, 4) is 6.07 Å². The molecule has 1 saturated heterocycles. The summed E-state index contributed by atoms with van der Waals surface area (Å²) in [5, 5.41) is 16.1. The van der Waals surface area contributed by atoms with E-state index in [-0.39, 0.29) is 5.91 Å². The quantitative estimate of drug-likeness (QED) is 0.623. The van der Waals surface area contributed by atoms with Crippen LogP contribution in [0.1, 0.15) is 54.6 Å². The van der Waals surface area contributed by atoms with Crippen molar-refractivity contribution in [2.24, 2.45) is 0 Å². The summed E-state index contributed by atoms with van der Waals surface area (Å²) in [6.45, 7) is 5.94. The lowest BCUT2D eigenvalue weighted by Crippen LogP contribution is -2.35. The van der Waals surface area contributed by atoms with Gasteiger partial charge in [-0.05, 0) is 56.4 Å². The third-order valence-corrected chi connectivity index (χ3v) is 7.85. The van der Waals surface area contributed by atoms with Gasteiger partial charge in [-0.25, -0.2) is 8.42 Å². The van der Waals surface area contributed by atoms with Gasteiger partial charge in [-0.2, -0.15) is 14.7 Å². The number of sulfonamides is 1. The predicted octanol–water partition coefficient (Wildman–Crippen LogP) is 2.84. The largest absolute Gasteiger partial charge is 0.352 e. The van der Waals surface area contributed by atoms with Gasteiger partial charge in [0.2, 0.25) is 15.9 Å². The summed E-state index contributed by atoms with van der Waals surface area (Å²) in [5.74, 6) is -0.0708. The second-order valence-corrected chi connectivity index (χ2v) is 10.1. The summed E-state index contributed by atoms with van der Waals surface area (Å²) >= 11 is 0. The number of carbonyl (C=O) groups excluding carboxylic acids is 1. The number of aryl methyl sites for hydroxylation is 2. The van der Waals surface area contributed by atoms with Crippen LogP contribution in [0.5, 0.6) is 0 Å². The number of rotatable bonds is 9. The van der Waals surface area contributed by atoms with Gasteiger partial charge in [0.25, 0.3) is 0 Å². The van der Waals surface area contributed by atoms with E-state index in [0.29, 0.717) is 50.3 Å². The Balaban J connectivity index is 1.51. The van der Waals surface area contributed by atoms with Crippen LogP contribution in [-0.2, 0) is 34.3 Å². The van der Waals surface area contributed by atoms with Crippen LogP contribution in [0, 0.1) is 25.2 Å². The highest BCUT2D eigenvalue weighted by Crippen LogP contribution is 2.21. The number of nitriles is 1. The van der Waals surface area contributed by atoms with Crippen LogP contribution in [-0.4, -0.2) is 41.5 Å². The van der Waals surface area contributed by atoms with Crippen LogP contribution in [0.15, 0.2) is 29.2 Å². The molecule has 2 heterocycles. The van der Waals surface area contributed by atoms with Crippen LogP contribution in [0.25, 0.3) is 0 Å². The van der Waals surface area contributed by atoms with Gasteiger partial charge < -0.3 is 5.32 Å². The van der Waals surface area contributed by atoms with E-state index in [9.17, 15) is 13.2 Å². The van der Waals surface area contributed by atoms with Crippen LogP contribution >= 0.6 is 0 Å².